The zero-order chi connectivity index (χ0) is 15.7. The molecule has 0 spiro atoms. The quantitative estimate of drug-likeness (QED) is 0.792. The number of nitrogens with one attached hydrogen (secondary N) is 1. The largest absolute Gasteiger partial charge is 0.464 e. The zero-order valence-corrected chi connectivity index (χ0v) is 11.3. The van der Waals surface area contributed by atoms with Gasteiger partial charge >= 0.3 is 6.18 Å². The molecule has 0 amide bonds. The lowest BCUT2D eigenvalue weighted by atomic mass is 9.85. The van der Waals surface area contributed by atoms with Gasteiger partial charge in [0.15, 0.2) is 0 Å². The first-order valence-corrected chi connectivity index (χ1v) is 6.45. The second kappa shape index (κ2) is 5.67. The van der Waals surface area contributed by atoms with Gasteiger partial charge in [0.1, 0.15) is 5.58 Å². The van der Waals surface area contributed by atoms with E-state index < -0.39 is 24.4 Å². The summed E-state index contributed by atoms with van der Waals surface area (Å²) >= 11 is 0. The molecule has 1 aromatic carbocycles. The number of aliphatic hydroxyl groups excluding tert-OH is 1. The van der Waals surface area contributed by atoms with Gasteiger partial charge in [0.25, 0.3) is 0 Å². The maximum atomic E-state index is 13.5. The molecule has 0 saturated heterocycles. The van der Waals surface area contributed by atoms with E-state index >= 15 is 0 Å². The Labute approximate surface area is 119 Å². The zero-order valence-electron chi connectivity index (χ0n) is 11.3. The molecule has 21 heavy (non-hydrogen) atoms. The van der Waals surface area contributed by atoms with Crippen LogP contribution in [-0.4, -0.2) is 35.6 Å². The molecular formula is C14H16F3NO3. The standard InChI is InChI=1S/C14H16F3NO3/c1-2-18-12(8-19)13(20,14(15,16)17)10-3-4-11-9(7-10)5-6-21-11/h3-7,12,18-20H,2,8H2,1H3. The Balaban J connectivity index is 2.57. The highest BCUT2D eigenvalue weighted by molar-refractivity contribution is 5.78. The van der Waals surface area contributed by atoms with Gasteiger partial charge in [-0.1, -0.05) is 13.0 Å². The summed E-state index contributed by atoms with van der Waals surface area (Å²) in [7, 11) is 0. The molecule has 3 N–H and O–H groups in total. The van der Waals surface area contributed by atoms with Crippen molar-refractivity contribution >= 4 is 11.0 Å². The van der Waals surface area contributed by atoms with Crippen molar-refractivity contribution in [2.45, 2.75) is 24.7 Å². The van der Waals surface area contributed by atoms with Gasteiger partial charge in [-0.25, -0.2) is 0 Å². The maximum Gasteiger partial charge on any atom is 0.423 e. The molecule has 4 nitrogen and oxygen atoms in total. The monoisotopic (exact) mass is 303 g/mol. The molecule has 0 radical (unpaired) electrons. The van der Waals surface area contributed by atoms with Crippen LogP contribution < -0.4 is 5.32 Å². The highest BCUT2D eigenvalue weighted by Crippen LogP contribution is 2.42. The van der Waals surface area contributed by atoms with Crippen LogP contribution in [0.5, 0.6) is 0 Å². The van der Waals surface area contributed by atoms with E-state index in [1.807, 2.05) is 0 Å². The van der Waals surface area contributed by atoms with Crippen molar-refractivity contribution in [2.75, 3.05) is 13.2 Å². The molecule has 0 fully saturated rings. The third kappa shape index (κ3) is 2.64. The minimum absolute atomic E-state index is 0.178. The number of halogens is 3. The Morgan fingerprint density at radius 1 is 1.29 bits per heavy atom. The predicted octanol–water partition coefficient (Wildman–Crippen LogP) is 2.15. The third-order valence-corrected chi connectivity index (χ3v) is 3.46. The number of hydrogen-bond acceptors (Lipinski definition) is 4. The van der Waals surface area contributed by atoms with Crippen LogP contribution >= 0.6 is 0 Å². The van der Waals surface area contributed by atoms with E-state index in [4.69, 9.17) is 4.42 Å². The van der Waals surface area contributed by atoms with Crippen LogP contribution in [0, 0.1) is 0 Å². The van der Waals surface area contributed by atoms with Gasteiger partial charge in [-0.2, -0.15) is 13.2 Å². The molecule has 2 rings (SSSR count). The fraction of sp³-hybridized carbons (Fsp3) is 0.429. The number of benzene rings is 1. The number of alkyl halides is 3. The van der Waals surface area contributed by atoms with E-state index in [0.29, 0.717) is 11.0 Å². The molecule has 0 saturated carbocycles. The normalized spacial score (nSPS) is 16.9. The molecule has 2 unspecified atom stereocenters. The van der Waals surface area contributed by atoms with Crippen molar-refractivity contribution in [3.8, 4) is 0 Å². The van der Waals surface area contributed by atoms with Crippen molar-refractivity contribution in [3.63, 3.8) is 0 Å². The van der Waals surface area contributed by atoms with Crippen LogP contribution in [0.3, 0.4) is 0 Å². The summed E-state index contributed by atoms with van der Waals surface area (Å²) in [4.78, 5) is 0. The van der Waals surface area contributed by atoms with Gasteiger partial charge in [-0.05, 0) is 30.3 Å². The second-order valence-corrected chi connectivity index (χ2v) is 4.73. The van der Waals surface area contributed by atoms with Crippen molar-refractivity contribution in [2.24, 2.45) is 0 Å². The SMILES string of the molecule is CCNC(CO)C(O)(c1ccc2occc2c1)C(F)(F)F. The van der Waals surface area contributed by atoms with Gasteiger partial charge in [-0.3, -0.25) is 0 Å². The first-order chi connectivity index (χ1) is 9.84. The highest BCUT2D eigenvalue weighted by Gasteiger charge is 2.59. The highest BCUT2D eigenvalue weighted by atomic mass is 19.4. The minimum Gasteiger partial charge on any atom is -0.464 e. The minimum atomic E-state index is -4.94. The molecular weight excluding hydrogens is 287 g/mol. The third-order valence-electron chi connectivity index (χ3n) is 3.46. The second-order valence-electron chi connectivity index (χ2n) is 4.73. The average Bonchev–Trinajstić information content (AvgIpc) is 2.89. The molecule has 0 bridgehead atoms. The van der Waals surface area contributed by atoms with Gasteiger partial charge in [0, 0.05) is 5.39 Å². The number of fused-ring (bicyclic) bond motifs is 1. The molecule has 1 aromatic heterocycles. The van der Waals surface area contributed by atoms with Gasteiger partial charge in [0.2, 0.25) is 5.60 Å². The Hall–Kier alpha value is -1.57. The Kier molecular flexibility index (Phi) is 4.27. The molecule has 0 aliphatic carbocycles. The fourth-order valence-electron chi connectivity index (χ4n) is 2.36. The first kappa shape index (κ1) is 15.8. The van der Waals surface area contributed by atoms with Crippen molar-refractivity contribution in [1.29, 1.82) is 0 Å². The Morgan fingerprint density at radius 2 is 2.00 bits per heavy atom. The van der Waals surface area contributed by atoms with Gasteiger partial charge < -0.3 is 19.9 Å². The number of rotatable bonds is 5. The van der Waals surface area contributed by atoms with Crippen molar-refractivity contribution in [3.05, 3.63) is 36.1 Å². The molecule has 0 aliphatic heterocycles. The lowest BCUT2D eigenvalue weighted by molar-refractivity contribution is -0.280. The summed E-state index contributed by atoms with van der Waals surface area (Å²) in [6.45, 7) is 0.920. The molecule has 7 heteroatoms. The summed E-state index contributed by atoms with van der Waals surface area (Å²) in [6.07, 6.45) is -3.59. The number of likely N-dealkylation sites (N-methyl/N-ethyl adjacent to an activating group) is 1. The van der Waals surface area contributed by atoms with E-state index in [1.54, 1.807) is 6.92 Å². The number of hydrogen-bond donors (Lipinski definition) is 3. The first-order valence-electron chi connectivity index (χ1n) is 6.45. The number of furan rings is 1. The topological polar surface area (TPSA) is 65.6 Å². The Bertz CT molecular complexity index is 611. The van der Waals surface area contributed by atoms with E-state index in [-0.39, 0.29) is 12.1 Å². The summed E-state index contributed by atoms with van der Waals surface area (Å²) in [5.74, 6) is 0. The molecule has 2 atom stereocenters. The summed E-state index contributed by atoms with van der Waals surface area (Å²) in [6, 6.07) is 3.68. The fourth-order valence-corrected chi connectivity index (χ4v) is 2.36. The summed E-state index contributed by atoms with van der Waals surface area (Å²) in [5.41, 5.74) is -3.11. The summed E-state index contributed by atoms with van der Waals surface area (Å²) < 4.78 is 45.4. The smallest absolute Gasteiger partial charge is 0.423 e. The van der Waals surface area contributed by atoms with Crippen LogP contribution in [0.15, 0.2) is 34.9 Å². The molecule has 116 valence electrons. The van der Waals surface area contributed by atoms with Crippen LogP contribution in [0.25, 0.3) is 11.0 Å². The summed E-state index contributed by atoms with van der Waals surface area (Å²) in [5, 5.41) is 22.5. The average molecular weight is 303 g/mol. The van der Waals surface area contributed by atoms with Crippen LogP contribution in [0.4, 0.5) is 13.2 Å². The van der Waals surface area contributed by atoms with Gasteiger partial charge in [-0.15, -0.1) is 0 Å². The van der Waals surface area contributed by atoms with E-state index in [0.717, 1.165) is 6.07 Å². The predicted molar refractivity (Wildman–Crippen MR) is 70.7 cm³/mol. The van der Waals surface area contributed by atoms with E-state index in [9.17, 15) is 23.4 Å². The molecule has 1 heterocycles. The maximum absolute atomic E-state index is 13.5. The van der Waals surface area contributed by atoms with Crippen molar-refractivity contribution in [1.82, 2.24) is 5.32 Å². The van der Waals surface area contributed by atoms with E-state index in [2.05, 4.69) is 5.32 Å². The van der Waals surface area contributed by atoms with Gasteiger partial charge in [0.05, 0.1) is 18.9 Å². The molecule has 0 aliphatic rings. The van der Waals surface area contributed by atoms with E-state index in [1.165, 1.54) is 24.5 Å². The lowest BCUT2D eigenvalue weighted by Gasteiger charge is -2.37. The van der Waals surface area contributed by atoms with Crippen LogP contribution in [-0.2, 0) is 5.60 Å². The van der Waals surface area contributed by atoms with Crippen LogP contribution in [0.2, 0.25) is 0 Å². The van der Waals surface area contributed by atoms with Crippen LogP contribution in [0.1, 0.15) is 12.5 Å². The molecule has 2 aromatic rings. The Morgan fingerprint density at radius 3 is 2.57 bits per heavy atom. The number of aliphatic hydroxyl groups is 2. The van der Waals surface area contributed by atoms with Crippen molar-refractivity contribution < 1.29 is 27.8 Å². The lowest BCUT2D eigenvalue weighted by Crippen LogP contribution is -2.59.